The van der Waals surface area contributed by atoms with Crippen LogP contribution in [0.15, 0.2) is 16.5 Å². The van der Waals surface area contributed by atoms with Crippen molar-refractivity contribution >= 4 is 0 Å². The minimum absolute atomic E-state index is 0.330. The molecule has 3 nitrogen and oxygen atoms in total. The zero-order valence-corrected chi connectivity index (χ0v) is 13.4. The number of rotatable bonds is 12. The molecule has 0 aliphatic heterocycles. The van der Waals surface area contributed by atoms with Crippen molar-refractivity contribution in [3.05, 3.63) is 23.7 Å². The van der Waals surface area contributed by atoms with E-state index in [-0.39, 0.29) is 0 Å². The highest BCUT2D eigenvalue weighted by atomic mass is 16.5. The highest BCUT2D eigenvalue weighted by Gasteiger charge is 2.13. The lowest BCUT2D eigenvalue weighted by Gasteiger charge is -2.13. The molecule has 1 aromatic rings. The Morgan fingerprint density at radius 2 is 1.80 bits per heavy atom. The molecular formula is C17H31NO2. The first-order valence-electron chi connectivity index (χ1n) is 8.06. The van der Waals surface area contributed by atoms with Crippen molar-refractivity contribution in [2.45, 2.75) is 70.9 Å². The molecule has 0 saturated carbocycles. The zero-order valence-electron chi connectivity index (χ0n) is 13.4. The van der Waals surface area contributed by atoms with Gasteiger partial charge in [0.1, 0.15) is 18.1 Å². The third-order valence-electron chi connectivity index (χ3n) is 3.76. The summed E-state index contributed by atoms with van der Waals surface area (Å²) in [6.45, 7) is 2.81. The average Bonchev–Trinajstić information content (AvgIpc) is 2.91. The molecule has 1 atom stereocenters. The quantitative estimate of drug-likeness (QED) is 0.557. The molecule has 0 fully saturated rings. The Morgan fingerprint density at radius 3 is 2.45 bits per heavy atom. The summed E-state index contributed by atoms with van der Waals surface area (Å²) >= 11 is 0. The van der Waals surface area contributed by atoms with Crippen molar-refractivity contribution in [2.75, 3.05) is 14.2 Å². The molecule has 3 heteroatoms. The summed E-state index contributed by atoms with van der Waals surface area (Å²) in [5, 5.41) is 3.35. The first-order chi connectivity index (χ1) is 9.81. The van der Waals surface area contributed by atoms with E-state index in [1.165, 1.54) is 44.9 Å². The Bertz CT molecular complexity index is 335. The van der Waals surface area contributed by atoms with E-state index in [0.717, 1.165) is 17.9 Å². The number of ether oxygens (including phenoxy) is 1. The largest absolute Gasteiger partial charge is 0.462 e. The van der Waals surface area contributed by atoms with Gasteiger partial charge in [-0.15, -0.1) is 0 Å². The van der Waals surface area contributed by atoms with Gasteiger partial charge < -0.3 is 14.5 Å². The number of unbranched alkanes of at least 4 members (excludes halogenated alkanes) is 6. The molecule has 1 aromatic heterocycles. The first-order valence-corrected chi connectivity index (χ1v) is 8.06. The van der Waals surface area contributed by atoms with Crippen LogP contribution in [0.1, 0.15) is 75.9 Å². The topological polar surface area (TPSA) is 34.4 Å². The van der Waals surface area contributed by atoms with E-state index in [2.05, 4.69) is 18.3 Å². The summed E-state index contributed by atoms with van der Waals surface area (Å²) < 4.78 is 10.9. The second kappa shape index (κ2) is 10.9. The number of methoxy groups -OCH3 is 1. The number of furan rings is 1. The normalized spacial score (nSPS) is 12.8. The van der Waals surface area contributed by atoms with Gasteiger partial charge in [0.2, 0.25) is 0 Å². The van der Waals surface area contributed by atoms with Crippen LogP contribution in [-0.4, -0.2) is 14.2 Å². The Hall–Kier alpha value is -0.800. The van der Waals surface area contributed by atoms with E-state index in [4.69, 9.17) is 9.15 Å². The van der Waals surface area contributed by atoms with Crippen molar-refractivity contribution in [1.82, 2.24) is 5.32 Å². The highest BCUT2D eigenvalue weighted by Crippen LogP contribution is 2.22. The summed E-state index contributed by atoms with van der Waals surface area (Å²) in [6, 6.07) is 4.40. The predicted octanol–water partition coefficient (Wildman–Crippen LogP) is 4.83. The highest BCUT2D eigenvalue weighted by molar-refractivity contribution is 5.10. The van der Waals surface area contributed by atoms with Gasteiger partial charge in [-0.25, -0.2) is 0 Å². The minimum Gasteiger partial charge on any atom is -0.462 e. The summed E-state index contributed by atoms with van der Waals surface area (Å²) in [7, 11) is 3.70. The SMILES string of the molecule is CCCCCCCCCC(NC)c1ccc(COC)o1. The number of nitrogens with one attached hydrogen (secondary N) is 1. The van der Waals surface area contributed by atoms with Gasteiger partial charge in [0.05, 0.1) is 6.04 Å². The van der Waals surface area contributed by atoms with Gasteiger partial charge in [-0.2, -0.15) is 0 Å². The molecule has 0 aromatic carbocycles. The molecule has 0 bridgehead atoms. The second-order valence-corrected chi connectivity index (χ2v) is 5.49. The van der Waals surface area contributed by atoms with Gasteiger partial charge in [-0.05, 0) is 25.6 Å². The lowest BCUT2D eigenvalue weighted by molar-refractivity contribution is 0.161. The van der Waals surface area contributed by atoms with Gasteiger partial charge in [-0.3, -0.25) is 0 Å². The molecule has 0 spiro atoms. The van der Waals surface area contributed by atoms with Crippen LogP contribution in [0.2, 0.25) is 0 Å². The van der Waals surface area contributed by atoms with Gasteiger partial charge in [-0.1, -0.05) is 51.9 Å². The molecule has 20 heavy (non-hydrogen) atoms. The smallest absolute Gasteiger partial charge is 0.129 e. The van der Waals surface area contributed by atoms with Crippen molar-refractivity contribution in [2.24, 2.45) is 0 Å². The molecule has 0 amide bonds. The first kappa shape index (κ1) is 17.3. The maximum Gasteiger partial charge on any atom is 0.129 e. The van der Waals surface area contributed by atoms with Crippen LogP contribution in [0.5, 0.6) is 0 Å². The maximum atomic E-state index is 5.80. The molecule has 1 heterocycles. The van der Waals surface area contributed by atoms with Crippen LogP contribution in [-0.2, 0) is 11.3 Å². The van der Waals surface area contributed by atoms with Crippen molar-refractivity contribution in [3.8, 4) is 0 Å². The van der Waals surface area contributed by atoms with Crippen LogP contribution < -0.4 is 5.32 Å². The van der Waals surface area contributed by atoms with Crippen LogP contribution in [0.4, 0.5) is 0 Å². The molecule has 0 saturated heterocycles. The Kier molecular flexibility index (Phi) is 9.42. The summed E-state index contributed by atoms with van der Waals surface area (Å²) in [4.78, 5) is 0. The lowest BCUT2D eigenvalue weighted by Crippen LogP contribution is -2.15. The molecule has 1 rings (SSSR count). The van der Waals surface area contributed by atoms with E-state index in [0.29, 0.717) is 12.6 Å². The lowest BCUT2D eigenvalue weighted by atomic mass is 10.0. The number of hydrogen-bond donors (Lipinski definition) is 1. The van der Waals surface area contributed by atoms with E-state index in [1.807, 2.05) is 13.1 Å². The predicted molar refractivity (Wildman–Crippen MR) is 83.8 cm³/mol. The average molecular weight is 281 g/mol. The molecule has 0 aliphatic rings. The second-order valence-electron chi connectivity index (χ2n) is 5.49. The van der Waals surface area contributed by atoms with Gasteiger partial charge in [0.25, 0.3) is 0 Å². The van der Waals surface area contributed by atoms with E-state index < -0.39 is 0 Å². The van der Waals surface area contributed by atoms with Crippen molar-refractivity contribution < 1.29 is 9.15 Å². The fourth-order valence-corrected chi connectivity index (χ4v) is 2.54. The van der Waals surface area contributed by atoms with Crippen LogP contribution in [0.25, 0.3) is 0 Å². The van der Waals surface area contributed by atoms with Gasteiger partial charge in [0, 0.05) is 7.11 Å². The third-order valence-corrected chi connectivity index (χ3v) is 3.76. The van der Waals surface area contributed by atoms with Crippen LogP contribution in [0.3, 0.4) is 0 Å². The summed E-state index contributed by atoms with van der Waals surface area (Å²) in [5.41, 5.74) is 0. The third kappa shape index (κ3) is 6.58. The Morgan fingerprint density at radius 1 is 1.10 bits per heavy atom. The molecular weight excluding hydrogens is 250 g/mol. The Balaban J connectivity index is 2.21. The standard InChI is InChI=1S/C17H31NO2/c1-4-5-6-7-8-9-10-11-16(18-2)17-13-12-15(20-17)14-19-3/h12-13,16,18H,4-11,14H2,1-3H3. The van der Waals surface area contributed by atoms with Crippen molar-refractivity contribution in [3.63, 3.8) is 0 Å². The molecule has 0 aliphatic carbocycles. The summed E-state index contributed by atoms with van der Waals surface area (Å²) in [6.07, 6.45) is 10.6. The number of hydrogen-bond acceptors (Lipinski definition) is 3. The fraction of sp³-hybridized carbons (Fsp3) is 0.765. The fourth-order valence-electron chi connectivity index (χ4n) is 2.54. The van der Waals surface area contributed by atoms with Gasteiger partial charge >= 0.3 is 0 Å². The van der Waals surface area contributed by atoms with Crippen molar-refractivity contribution in [1.29, 1.82) is 0 Å². The molecule has 1 unspecified atom stereocenters. The molecule has 116 valence electrons. The summed E-state index contributed by atoms with van der Waals surface area (Å²) in [5.74, 6) is 1.94. The Labute approximate surface area is 124 Å². The van der Waals surface area contributed by atoms with Crippen LogP contribution in [0, 0.1) is 0 Å². The van der Waals surface area contributed by atoms with Crippen LogP contribution >= 0.6 is 0 Å². The molecule has 1 N–H and O–H groups in total. The van der Waals surface area contributed by atoms with E-state index in [9.17, 15) is 0 Å². The van der Waals surface area contributed by atoms with E-state index >= 15 is 0 Å². The molecule has 0 radical (unpaired) electrons. The zero-order chi connectivity index (χ0) is 14.6. The van der Waals surface area contributed by atoms with Gasteiger partial charge in [0.15, 0.2) is 0 Å². The minimum atomic E-state index is 0.330. The maximum absolute atomic E-state index is 5.80. The van der Waals surface area contributed by atoms with E-state index in [1.54, 1.807) is 7.11 Å². The monoisotopic (exact) mass is 281 g/mol.